The molecular weight excluding hydrogens is 701 g/mol. The number of thiophene rings is 1. The molecule has 260 valence electrons. The van der Waals surface area contributed by atoms with Gasteiger partial charge in [0.15, 0.2) is 17.5 Å². The minimum absolute atomic E-state index is 0.644. The van der Waals surface area contributed by atoms with Gasteiger partial charge in [0.1, 0.15) is 0 Å². The lowest BCUT2D eigenvalue weighted by molar-refractivity contribution is 1.08. The number of aromatic nitrogens is 3. The van der Waals surface area contributed by atoms with Gasteiger partial charge in [-0.05, 0) is 52.1 Å². The van der Waals surface area contributed by atoms with E-state index in [9.17, 15) is 0 Å². The molecule has 1 aliphatic heterocycles. The Morgan fingerprint density at radius 3 is 1.89 bits per heavy atom. The maximum absolute atomic E-state index is 5.26. The van der Waals surface area contributed by atoms with Crippen molar-refractivity contribution >= 4 is 80.9 Å². The van der Waals surface area contributed by atoms with Crippen LogP contribution in [-0.4, -0.2) is 15.0 Å². The van der Waals surface area contributed by atoms with Gasteiger partial charge in [0, 0.05) is 58.6 Å². The first-order valence-corrected chi connectivity index (χ1v) is 19.7. The van der Waals surface area contributed by atoms with Gasteiger partial charge >= 0.3 is 0 Å². The summed E-state index contributed by atoms with van der Waals surface area (Å²) in [5, 5.41) is 9.64. The highest BCUT2D eigenvalue weighted by atomic mass is 32.1. The van der Waals surface area contributed by atoms with Crippen LogP contribution in [0, 0.1) is 0 Å². The summed E-state index contributed by atoms with van der Waals surface area (Å²) in [7, 11) is 0. The van der Waals surface area contributed by atoms with Gasteiger partial charge in [-0.2, -0.15) is 0 Å². The zero-order chi connectivity index (χ0) is 36.7. The molecule has 5 heteroatoms. The highest BCUT2D eigenvalue weighted by molar-refractivity contribution is 7.25. The van der Waals surface area contributed by atoms with Crippen LogP contribution in [-0.2, 0) is 0 Å². The van der Waals surface area contributed by atoms with E-state index in [-0.39, 0.29) is 0 Å². The molecule has 0 aliphatic carbocycles. The summed E-state index contributed by atoms with van der Waals surface area (Å²) < 4.78 is 2.49. The summed E-state index contributed by atoms with van der Waals surface area (Å²) in [4.78, 5) is 18.0. The molecular formula is C51H30N4S. The highest BCUT2D eigenvalue weighted by Gasteiger charge is 2.29. The largest absolute Gasteiger partial charge is 0.308 e. The van der Waals surface area contributed by atoms with E-state index in [0.717, 1.165) is 33.2 Å². The lowest BCUT2D eigenvalue weighted by atomic mass is 9.88. The lowest BCUT2D eigenvalue weighted by Crippen LogP contribution is -2.16. The fourth-order valence-corrected chi connectivity index (χ4v) is 9.84. The van der Waals surface area contributed by atoms with E-state index < -0.39 is 0 Å². The summed E-state index contributed by atoms with van der Waals surface area (Å²) in [5.41, 5.74) is 8.84. The first kappa shape index (κ1) is 31.2. The first-order chi connectivity index (χ1) is 27.8. The topological polar surface area (TPSA) is 41.9 Å². The second-order valence-electron chi connectivity index (χ2n) is 14.4. The van der Waals surface area contributed by atoms with E-state index >= 15 is 0 Å². The number of hydrogen-bond donors (Lipinski definition) is 0. The van der Waals surface area contributed by atoms with Gasteiger partial charge in [0.25, 0.3) is 0 Å². The Kier molecular flexibility index (Phi) is 6.76. The quantitative estimate of drug-likeness (QED) is 0.181. The van der Waals surface area contributed by atoms with E-state index in [0.29, 0.717) is 17.5 Å². The van der Waals surface area contributed by atoms with Gasteiger partial charge < -0.3 is 4.90 Å². The van der Waals surface area contributed by atoms with Crippen LogP contribution in [0.5, 0.6) is 0 Å². The average Bonchev–Trinajstić information content (AvgIpc) is 3.64. The second-order valence-corrected chi connectivity index (χ2v) is 15.4. The summed E-state index contributed by atoms with van der Waals surface area (Å²) in [6.07, 6.45) is 0. The summed E-state index contributed by atoms with van der Waals surface area (Å²) in [6.45, 7) is 0. The predicted molar refractivity (Wildman–Crippen MR) is 235 cm³/mol. The summed E-state index contributed by atoms with van der Waals surface area (Å²) >= 11 is 1.80. The molecule has 0 saturated carbocycles. The SMILES string of the molecule is c1ccc(-c2nc(-c3ccc4c(c3)sc3ccccc34)nc(-c3ccc(N4c5c(ccc6ccccc56)-c5cccc6cccc4c56)c4ccccc34)n2)cc1. The molecule has 0 amide bonds. The molecule has 0 radical (unpaired) electrons. The van der Waals surface area contributed by atoms with Crippen molar-refractivity contribution in [1.29, 1.82) is 0 Å². The first-order valence-electron chi connectivity index (χ1n) is 18.9. The van der Waals surface area contributed by atoms with Crippen molar-refractivity contribution in [2.75, 3.05) is 4.90 Å². The second kappa shape index (κ2) is 12.2. The van der Waals surface area contributed by atoms with Gasteiger partial charge in [-0.25, -0.2) is 15.0 Å². The molecule has 4 nitrogen and oxygen atoms in total. The Morgan fingerprint density at radius 2 is 1.02 bits per heavy atom. The molecule has 12 rings (SSSR count). The summed E-state index contributed by atoms with van der Waals surface area (Å²) in [5.74, 6) is 1.95. The third-order valence-corrected chi connectivity index (χ3v) is 12.4. The van der Waals surface area contributed by atoms with Crippen LogP contribution in [0.15, 0.2) is 182 Å². The maximum atomic E-state index is 5.26. The Labute approximate surface area is 326 Å². The fraction of sp³-hybridized carbons (Fsp3) is 0. The van der Waals surface area contributed by atoms with Gasteiger partial charge in [-0.15, -0.1) is 11.3 Å². The van der Waals surface area contributed by atoms with Crippen molar-refractivity contribution in [3.8, 4) is 45.3 Å². The van der Waals surface area contributed by atoms with Crippen molar-refractivity contribution < 1.29 is 0 Å². The minimum Gasteiger partial charge on any atom is -0.308 e. The Morgan fingerprint density at radius 1 is 0.357 bits per heavy atom. The number of hydrogen-bond acceptors (Lipinski definition) is 5. The van der Waals surface area contributed by atoms with E-state index in [2.05, 4.69) is 169 Å². The Balaban J connectivity index is 1.09. The van der Waals surface area contributed by atoms with Crippen molar-refractivity contribution in [1.82, 2.24) is 15.0 Å². The molecule has 56 heavy (non-hydrogen) atoms. The standard InChI is InChI=1S/C51H30N4S/c1-2-13-33(14-3-1)49-52-50(34-25-26-39-38-20-8-9-23-45(38)56-46(39)30-34)54-51(53-49)42-28-29-43(37-19-7-6-18-36(37)42)55-44-22-11-16-32-15-10-21-40(47(32)44)41-27-24-31-12-4-5-17-35(31)48(41)55/h1-30H. The van der Waals surface area contributed by atoms with E-state index in [1.54, 1.807) is 11.3 Å². The maximum Gasteiger partial charge on any atom is 0.164 e. The normalized spacial score (nSPS) is 12.2. The molecule has 0 bridgehead atoms. The number of rotatable bonds is 4. The van der Waals surface area contributed by atoms with Crippen molar-refractivity contribution in [2.24, 2.45) is 0 Å². The molecule has 3 heterocycles. The van der Waals surface area contributed by atoms with Crippen molar-refractivity contribution in [3.05, 3.63) is 182 Å². The van der Waals surface area contributed by atoms with Crippen LogP contribution in [0.4, 0.5) is 17.1 Å². The van der Waals surface area contributed by atoms with Crippen LogP contribution in [0.3, 0.4) is 0 Å². The smallest absolute Gasteiger partial charge is 0.164 e. The molecule has 0 atom stereocenters. The van der Waals surface area contributed by atoms with Gasteiger partial charge in [-0.1, -0.05) is 152 Å². The monoisotopic (exact) mass is 730 g/mol. The Hall–Kier alpha value is -7.21. The Bertz CT molecular complexity index is 3380. The van der Waals surface area contributed by atoms with Crippen LogP contribution in [0.25, 0.3) is 97.8 Å². The zero-order valence-corrected chi connectivity index (χ0v) is 30.8. The van der Waals surface area contributed by atoms with Crippen LogP contribution in [0.1, 0.15) is 0 Å². The molecule has 1 aliphatic rings. The molecule has 0 fully saturated rings. The fourth-order valence-electron chi connectivity index (χ4n) is 8.70. The summed E-state index contributed by atoms with van der Waals surface area (Å²) in [6, 6.07) is 65.1. The zero-order valence-electron chi connectivity index (χ0n) is 30.0. The lowest BCUT2D eigenvalue weighted by Gasteiger charge is -2.35. The highest BCUT2D eigenvalue weighted by Crippen LogP contribution is 2.54. The molecule has 0 unspecified atom stereocenters. The van der Waals surface area contributed by atoms with Gasteiger partial charge in [0.05, 0.1) is 17.1 Å². The predicted octanol–water partition coefficient (Wildman–Crippen LogP) is 14.2. The third-order valence-electron chi connectivity index (χ3n) is 11.2. The van der Waals surface area contributed by atoms with Crippen molar-refractivity contribution in [3.63, 3.8) is 0 Å². The number of nitrogens with zero attached hydrogens (tertiary/aromatic N) is 4. The molecule has 0 saturated heterocycles. The van der Waals surface area contributed by atoms with Gasteiger partial charge in [-0.3, -0.25) is 0 Å². The number of benzene rings is 9. The molecule has 0 N–H and O–H groups in total. The van der Waals surface area contributed by atoms with Crippen LogP contribution < -0.4 is 4.90 Å². The van der Waals surface area contributed by atoms with E-state index in [1.165, 1.54) is 64.2 Å². The van der Waals surface area contributed by atoms with E-state index in [4.69, 9.17) is 15.0 Å². The van der Waals surface area contributed by atoms with Crippen molar-refractivity contribution in [2.45, 2.75) is 0 Å². The number of fused-ring (bicyclic) bond motifs is 8. The van der Waals surface area contributed by atoms with E-state index in [1.807, 2.05) is 18.2 Å². The molecule has 11 aromatic rings. The molecule has 9 aromatic carbocycles. The number of anilines is 3. The third kappa shape index (κ3) is 4.68. The minimum atomic E-state index is 0.644. The van der Waals surface area contributed by atoms with Crippen LogP contribution in [0.2, 0.25) is 0 Å². The van der Waals surface area contributed by atoms with Gasteiger partial charge in [0.2, 0.25) is 0 Å². The molecule has 0 spiro atoms. The molecule has 2 aromatic heterocycles. The average molecular weight is 731 g/mol. The van der Waals surface area contributed by atoms with Crippen LogP contribution >= 0.6 is 11.3 Å².